The van der Waals surface area contributed by atoms with Crippen molar-refractivity contribution in [1.82, 2.24) is 15.1 Å². The fourth-order valence-corrected chi connectivity index (χ4v) is 4.15. The van der Waals surface area contributed by atoms with Crippen LogP contribution in [0.2, 0.25) is 0 Å². The highest BCUT2D eigenvalue weighted by Crippen LogP contribution is 2.48. The second-order valence-corrected chi connectivity index (χ2v) is 6.61. The molecule has 18 heavy (non-hydrogen) atoms. The van der Waals surface area contributed by atoms with Gasteiger partial charge >= 0.3 is 0 Å². The molecule has 1 N–H and O–H groups in total. The maximum Gasteiger partial charge on any atom is 0.161 e. The first-order chi connectivity index (χ1) is 8.62. The van der Waals surface area contributed by atoms with Crippen molar-refractivity contribution in [1.29, 1.82) is 0 Å². The molecule has 0 bridgehead atoms. The summed E-state index contributed by atoms with van der Waals surface area (Å²) < 4.78 is 7.64. The van der Waals surface area contributed by atoms with Crippen LogP contribution in [0.3, 0.4) is 0 Å². The van der Waals surface area contributed by atoms with Gasteiger partial charge in [-0.05, 0) is 32.1 Å². The van der Waals surface area contributed by atoms with Crippen LogP contribution in [0.25, 0.3) is 0 Å². The van der Waals surface area contributed by atoms with Crippen LogP contribution in [0, 0.1) is 0 Å². The SMILES string of the molecule is CCNC(c1c(OC)cnn1C)C1(C)CCCS1. The highest BCUT2D eigenvalue weighted by atomic mass is 32.2. The van der Waals surface area contributed by atoms with Crippen molar-refractivity contribution in [2.75, 3.05) is 19.4 Å². The summed E-state index contributed by atoms with van der Waals surface area (Å²) in [5.41, 5.74) is 1.16. The summed E-state index contributed by atoms with van der Waals surface area (Å²) in [6.07, 6.45) is 4.34. The number of ether oxygens (including phenoxy) is 1. The van der Waals surface area contributed by atoms with E-state index >= 15 is 0 Å². The molecule has 0 spiro atoms. The highest BCUT2D eigenvalue weighted by molar-refractivity contribution is 8.00. The fraction of sp³-hybridized carbons (Fsp3) is 0.769. The first-order valence-electron chi connectivity index (χ1n) is 6.55. The van der Waals surface area contributed by atoms with Gasteiger partial charge in [0.05, 0.1) is 25.0 Å². The summed E-state index contributed by atoms with van der Waals surface area (Å²) in [6.45, 7) is 5.46. The Labute approximate surface area is 113 Å². The maximum absolute atomic E-state index is 5.47. The molecule has 0 amide bonds. The van der Waals surface area contributed by atoms with Gasteiger partial charge in [-0.3, -0.25) is 4.68 Å². The molecule has 2 heterocycles. The molecule has 0 radical (unpaired) electrons. The average Bonchev–Trinajstić information content (AvgIpc) is 2.94. The Morgan fingerprint density at radius 2 is 2.44 bits per heavy atom. The lowest BCUT2D eigenvalue weighted by Crippen LogP contribution is -2.39. The Balaban J connectivity index is 2.37. The van der Waals surface area contributed by atoms with Crippen molar-refractivity contribution in [2.24, 2.45) is 7.05 Å². The highest BCUT2D eigenvalue weighted by Gasteiger charge is 2.41. The molecule has 1 aliphatic heterocycles. The van der Waals surface area contributed by atoms with E-state index in [2.05, 4.69) is 36.0 Å². The summed E-state index contributed by atoms with van der Waals surface area (Å²) in [7, 11) is 3.71. The minimum atomic E-state index is 0.233. The van der Waals surface area contributed by atoms with Crippen molar-refractivity contribution in [3.8, 4) is 5.75 Å². The van der Waals surface area contributed by atoms with Crippen LogP contribution in [0.4, 0.5) is 0 Å². The third kappa shape index (κ3) is 2.38. The molecule has 2 unspecified atom stereocenters. The number of aromatic nitrogens is 2. The van der Waals surface area contributed by atoms with E-state index in [9.17, 15) is 0 Å². The van der Waals surface area contributed by atoms with Crippen LogP contribution in [-0.4, -0.2) is 33.9 Å². The van der Waals surface area contributed by atoms with Crippen LogP contribution in [0.1, 0.15) is 38.4 Å². The van der Waals surface area contributed by atoms with E-state index in [1.165, 1.54) is 18.6 Å². The van der Waals surface area contributed by atoms with Gasteiger partial charge in [0, 0.05) is 11.8 Å². The Kier molecular flexibility index (Phi) is 4.22. The molecule has 1 aromatic heterocycles. The zero-order valence-electron chi connectivity index (χ0n) is 11.7. The second-order valence-electron chi connectivity index (χ2n) is 4.98. The number of nitrogens with one attached hydrogen (secondary N) is 1. The van der Waals surface area contributed by atoms with Gasteiger partial charge in [-0.15, -0.1) is 0 Å². The van der Waals surface area contributed by atoms with Gasteiger partial charge in [-0.25, -0.2) is 0 Å². The molecule has 1 aliphatic rings. The van der Waals surface area contributed by atoms with Gasteiger partial charge in [0.1, 0.15) is 0 Å². The third-order valence-corrected chi connectivity index (χ3v) is 5.30. The lowest BCUT2D eigenvalue weighted by Gasteiger charge is -2.34. The molecule has 1 saturated heterocycles. The Hall–Kier alpha value is -0.680. The van der Waals surface area contributed by atoms with E-state index in [4.69, 9.17) is 4.74 Å². The number of methoxy groups -OCH3 is 1. The monoisotopic (exact) mass is 269 g/mol. The molecular weight excluding hydrogens is 246 g/mol. The number of nitrogens with zero attached hydrogens (tertiary/aromatic N) is 2. The predicted octanol–water partition coefficient (Wildman–Crippen LogP) is 2.37. The molecule has 1 aromatic rings. The van der Waals surface area contributed by atoms with Crippen molar-refractivity contribution in [3.63, 3.8) is 0 Å². The van der Waals surface area contributed by atoms with E-state index in [1.54, 1.807) is 7.11 Å². The molecule has 0 aliphatic carbocycles. The summed E-state index contributed by atoms with van der Waals surface area (Å²) >= 11 is 2.06. The maximum atomic E-state index is 5.47. The largest absolute Gasteiger partial charge is 0.493 e. The molecule has 0 aromatic carbocycles. The standard InChI is InChI=1S/C13H23N3OS/c1-5-14-12(13(2)7-6-8-18-13)11-10(17-4)9-15-16(11)3/h9,12,14H,5-8H2,1-4H3. The van der Waals surface area contributed by atoms with E-state index < -0.39 is 0 Å². The predicted molar refractivity (Wildman–Crippen MR) is 76.3 cm³/mol. The Morgan fingerprint density at radius 3 is 3.00 bits per heavy atom. The molecule has 2 rings (SSSR count). The Bertz CT molecular complexity index is 399. The molecule has 2 atom stereocenters. The molecule has 5 heteroatoms. The minimum Gasteiger partial charge on any atom is -0.493 e. The smallest absolute Gasteiger partial charge is 0.161 e. The summed E-state index contributed by atoms with van der Waals surface area (Å²) in [5, 5.41) is 7.96. The summed E-state index contributed by atoms with van der Waals surface area (Å²) in [4.78, 5) is 0. The van der Waals surface area contributed by atoms with Gasteiger partial charge in [0.25, 0.3) is 0 Å². The van der Waals surface area contributed by atoms with Crippen molar-refractivity contribution in [2.45, 2.75) is 37.5 Å². The van der Waals surface area contributed by atoms with Crippen LogP contribution in [-0.2, 0) is 7.05 Å². The molecule has 0 saturated carbocycles. The van der Waals surface area contributed by atoms with E-state index in [-0.39, 0.29) is 10.8 Å². The number of hydrogen-bond donors (Lipinski definition) is 1. The summed E-state index contributed by atoms with van der Waals surface area (Å²) in [5.74, 6) is 2.13. The van der Waals surface area contributed by atoms with Crippen LogP contribution in [0.5, 0.6) is 5.75 Å². The van der Waals surface area contributed by atoms with Crippen molar-refractivity contribution < 1.29 is 4.74 Å². The number of rotatable bonds is 5. The molecule has 102 valence electrons. The van der Waals surface area contributed by atoms with Crippen LogP contribution < -0.4 is 10.1 Å². The molecular formula is C13H23N3OS. The van der Waals surface area contributed by atoms with Gasteiger partial charge in [0.2, 0.25) is 0 Å². The van der Waals surface area contributed by atoms with Crippen molar-refractivity contribution in [3.05, 3.63) is 11.9 Å². The zero-order chi connectivity index (χ0) is 13.2. The third-order valence-electron chi connectivity index (χ3n) is 3.71. The van der Waals surface area contributed by atoms with Gasteiger partial charge in [0.15, 0.2) is 5.75 Å². The van der Waals surface area contributed by atoms with E-state index in [1.807, 2.05) is 17.9 Å². The van der Waals surface area contributed by atoms with Crippen LogP contribution >= 0.6 is 11.8 Å². The number of hydrogen-bond acceptors (Lipinski definition) is 4. The molecule has 4 nitrogen and oxygen atoms in total. The minimum absolute atomic E-state index is 0.233. The quantitative estimate of drug-likeness (QED) is 0.890. The van der Waals surface area contributed by atoms with Gasteiger partial charge in [-0.2, -0.15) is 16.9 Å². The van der Waals surface area contributed by atoms with Crippen molar-refractivity contribution >= 4 is 11.8 Å². The van der Waals surface area contributed by atoms with Gasteiger partial charge in [-0.1, -0.05) is 6.92 Å². The number of thioether (sulfide) groups is 1. The topological polar surface area (TPSA) is 39.1 Å². The number of aryl methyl sites for hydroxylation is 1. The first-order valence-corrected chi connectivity index (χ1v) is 7.54. The lowest BCUT2D eigenvalue weighted by atomic mass is 9.93. The second kappa shape index (κ2) is 5.53. The fourth-order valence-electron chi connectivity index (χ4n) is 2.75. The first kappa shape index (κ1) is 13.7. The zero-order valence-corrected chi connectivity index (χ0v) is 12.5. The normalized spacial score (nSPS) is 25.3. The Morgan fingerprint density at radius 1 is 1.67 bits per heavy atom. The van der Waals surface area contributed by atoms with E-state index in [0.717, 1.165) is 18.0 Å². The lowest BCUT2D eigenvalue weighted by molar-refractivity contribution is 0.363. The molecule has 1 fully saturated rings. The van der Waals surface area contributed by atoms with Crippen LogP contribution in [0.15, 0.2) is 6.20 Å². The summed E-state index contributed by atoms with van der Waals surface area (Å²) in [6, 6.07) is 0.289. The van der Waals surface area contributed by atoms with Gasteiger partial charge < -0.3 is 10.1 Å². The van der Waals surface area contributed by atoms with E-state index in [0.29, 0.717) is 0 Å². The average molecular weight is 269 g/mol.